The summed E-state index contributed by atoms with van der Waals surface area (Å²) in [5, 5.41) is 18.7. The summed E-state index contributed by atoms with van der Waals surface area (Å²) in [6.45, 7) is 6.01. The molecule has 1 heterocycles. The van der Waals surface area contributed by atoms with Crippen LogP contribution in [-0.2, 0) is 18.6 Å². The third kappa shape index (κ3) is 3.80. The van der Waals surface area contributed by atoms with Crippen LogP contribution in [0.2, 0.25) is 0 Å². The number of aliphatic hydroxyl groups excluding tert-OH is 2. The number of hydrogen-bond acceptors (Lipinski definition) is 4. The predicted molar refractivity (Wildman–Crippen MR) is 81.3 cm³/mol. The average molecular weight is 287 g/mol. The molecule has 112 valence electrons. The van der Waals surface area contributed by atoms with Crippen molar-refractivity contribution in [1.29, 1.82) is 0 Å². The molecule has 0 bridgehead atoms. The molecule has 0 unspecified atom stereocenters. The van der Waals surface area contributed by atoms with Gasteiger partial charge in [0.15, 0.2) is 0 Å². The fraction of sp³-hybridized carbons (Fsp3) is 0.353. The van der Waals surface area contributed by atoms with E-state index in [1.54, 1.807) is 18.2 Å². The van der Waals surface area contributed by atoms with E-state index in [0.29, 0.717) is 17.2 Å². The van der Waals surface area contributed by atoms with Gasteiger partial charge in [-0.1, -0.05) is 39.0 Å². The molecule has 0 amide bonds. The number of aliphatic hydroxyl groups is 2. The number of ether oxygens (including phenoxy) is 1. The van der Waals surface area contributed by atoms with Crippen molar-refractivity contribution in [3.05, 3.63) is 53.2 Å². The van der Waals surface area contributed by atoms with Crippen molar-refractivity contribution < 1.29 is 14.9 Å². The molecule has 1 aromatic carbocycles. The number of benzene rings is 1. The second-order valence-electron chi connectivity index (χ2n) is 5.97. The molecule has 0 fully saturated rings. The summed E-state index contributed by atoms with van der Waals surface area (Å²) in [6, 6.07) is 10.9. The molecule has 4 nitrogen and oxygen atoms in total. The zero-order chi connectivity index (χ0) is 15.5. The molecule has 1 aromatic heterocycles. The Morgan fingerprint density at radius 3 is 2.38 bits per heavy atom. The van der Waals surface area contributed by atoms with Crippen LogP contribution < -0.4 is 4.74 Å². The highest BCUT2D eigenvalue weighted by molar-refractivity contribution is 5.37. The molecule has 0 saturated heterocycles. The Hall–Kier alpha value is -1.91. The van der Waals surface area contributed by atoms with Gasteiger partial charge in [-0.3, -0.25) is 0 Å². The van der Waals surface area contributed by atoms with Crippen LogP contribution in [0, 0.1) is 0 Å². The van der Waals surface area contributed by atoms with Crippen molar-refractivity contribution in [2.24, 2.45) is 0 Å². The largest absolute Gasteiger partial charge is 0.439 e. The molecule has 0 spiro atoms. The molecule has 0 radical (unpaired) electrons. The lowest BCUT2D eigenvalue weighted by molar-refractivity contribution is 0.274. The summed E-state index contributed by atoms with van der Waals surface area (Å²) in [7, 11) is 0. The van der Waals surface area contributed by atoms with Gasteiger partial charge < -0.3 is 14.9 Å². The van der Waals surface area contributed by atoms with Crippen molar-refractivity contribution in [3.8, 4) is 11.6 Å². The van der Waals surface area contributed by atoms with Crippen molar-refractivity contribution in [2.45, 2.75) is 39.4 Å². The monoisotopic (exact) mass is 287 g/mol. The van der Waals surface area contributed by atoms with E-state index in [1.165, 1.54) is 0 Å². The highest BCUT2D eigenvalue weighted by Gasteiger charge is 2.18. The Morgan fingerprint density at radius 1 is 1.05 bits per heavy atom. The summed E-state index contributed by atoms with van der Waals surface area (Å²) < 4.78 is 5.80. The van der Waals surface area contributed by atoms with Crippen LogP contribution in [0.25, 0.3) is 0 Å². The minimum atomic E-state index is -0.139. The summed E-state index contributed by atoms with van der Waals surface area (Å²) in [5.74, 6) is 0.995. The van der Waals surface area contributed by atoms with E-state index in [9.17, 15) is 10.2 Å². The van der Waals surface area contributed by atoms with Crippen molar-refractivity contribution in [3.63, 3.8) is 0 Å². The van der Waals surface area contributed by atoms with Gasteiger partial charge >= 0.3 is 0 Å². The van der Waals surface area contributed by atoms with Gasteiger partial charge in [-0.2, -0.15) is 0 Å². The molecule has 0 aliphatic rings. The van der Waals surface area contributed by atoms with Crippen molar-refractivity contribution >= 4 is 0 Å². The van der Waals surface area contributed by atoms with E-state index in [-0.39, 0.29) is 18.6 Å². The Labute approximate surface area is 125 Å². The predicted octanol–water partition coefficient (Wildman–Crippen LogP) is 3.16. The summed E-state index contributed by atoms with van der Waals surface area (Å²) in [6.07, 6.45) is 0. The van der Waals surface area contributed by atoms with Gasteiger partial charge in [-0.25, -0.2) is 4.98 Å². The number of hydrogen-bond donors (Lipinski definition) is 2. The van der Waals surface area contributed by atoms with Gasteiger partial charge in [0.1, 0.15) is 5.75 Å². The molecule has 2 rings (SSSR count). The second kappa shape index (κ2) is 6.24. The minimum Gasteiger partial charge on any atom is -0.439 e. The number of pyridine rings is 1. The number of para-hydroxylation sites is 1. The van der Waals surface area contributed by atoms with Crippen LogP contribution in [0.15, 0.2) is 36.4 Å². The van der Waals surface area contributed by atoms with Gasteiger partial charge in [0.25, 0.3) is 0 Å². The number of rotatable bonds is 4. The molecule has 2 N–H and O–H groups in total. The number of aromatic nitrogens is 1. The van der Waals surface area contributed by atoms with E-state index in [0.717, 1.165) is 11.3 Å². The normalized spacial score (nSPS) is 11.5. The highest BCUT2D eigenvalue weighted by Crippen LogP contribution is 2.28. The molecule has 21 heavy (non-hydrogen) atoms. The van der Waals surface area contributed by atoms with E-state index >= 15 is 0 Å². The van der Waals surface area contributed by atoms with Crippen molar-refractivity contribution in [1.82, 2.24) is 4.98 Å². The molecule has 0 atom stereocenters. The van der Waals surface area contributed by atoms with Crippen LogP contribution in [0.5, 0.6) is 11.6 Å². The zero-order valence-corrected chi connectivity index (χ0v) is 12.6. The third-order valence-electron chi connectivity index (χ3n) is 3.17. The van der Waals surface area contributed by atoms with Gasteiger partial charge in [-0.05, 0) is 17.7 Å². The zero-order valence-electron chi connectivity index (χ0n) is 12.6. The first-order valence-electron chi connectivity index (χ1n) is 6.93. The summed E-state index contributed by atoms with van der Waals surface area (Å²) >= 11 is 0. The van der Waals surface area contributed by atoms with Crippen LogP contribution in [0.3, 0.4) is 0 Å². The third-order valence-corrected chi connectivity index (χ3v) is 3.17. The van der Waals surface area contributed by atoms with Gasteiger partial charge in [-0.15, -0.1) is 0 Å². The lowest BCUT2D eigenvalue weighted by Crippen LogP contribution is -2.14. The van der Waals surface area contributed by atoms with Crippen LogP contribution in [0.1, 0.15) is 37.6 Å². The highest BCUT2D eigenvalue weighted by atomic mass is 16.5. The van der Waals surface area contributed by atoms with Gasteiger partial charge in [0.2, 0.25) is 5.88 Å². The lowest BCUT2D eigenvalue weighted by Gasteiger charge is -2.20. The SMILES string of the molecule is CC(C)(C)c1cc(CO)cc(Oc2ccccc2CO)n1. The van der Waals surface area contributed by atoms with Crippen LogP contribution >= 0.6 is 0 Å². The Bertz CT molecular complexity index is 618. The van der Waals surface area contributed by atoms with Gasteiger partial charge in [0, 0.05) is 17.0 Å². The fourth-order valence-electron chi connectivity index (χ4n) is 1.93. The van der Waals surface area contributed by atoms with Crippen LogP contribution in [-0.4, -0.2) is 15.2 Å². The Morgan fingerprint density at radius 2 is 1.76 bits per heavy atom. The van der Waals surface area contributed by atoms with E-state index < -0.39 is 0 Å². The fourth-order valence-corrected chi connectivity index (χ4v) is 1.93. The van der Waals surface area contributed by atoms with Crippen LogP contribution in [0.4, 0.5) is 0 Å². The molecular formula is C17H21NO3. The Kier molecular flexibility index (Phi) is 4.60. The topological polar surface area (TPSA) is 62.6 Å². The first-order valence-corrected chi connectivity index (χ1v) is 6.93. The maximum Gasteiger partial charge on any atom is 0.219 e. The standard InChI is InChI=1S/C17H21NO3/c1-17(2,3)15-8-12(10-19)9-16(18-15)21-14-7-5-4-6-13(14)11-20/h4-9,19-20H,10-11H2,1-3H3. The molecule has 4 heteroatoms. The molecule has 2 aromatic rings. The van der Waals surface area contributed by atoms with Crippen molar-refractivity contribution in [2.75, 3.05) is 0 Å². The first kappa shape index (κ1) is 15.5. The molecule has 0 aliphatic carbocycles. The maximum absolute atomic E-state index is 9.40. The van der Waals surface area contributed by atoms with E-state index in [4.69, 9.17) is 4.74 Å². The van der Waals surface area contributed by atoms with E-state index in [2.05, 4.69) is 25.8 Å². The summed E-state index contributed by atoms with van der Waals surface area (Å²) in [4.78, 5) is 4.51. The molecule has 0 aliphatic heterocycles. The maximum atomic E-state index is 9.40. The first-order chi connectivity index (χ1) is 9.94. The second-order valence-corrected chi connectivity index (χ2v) is 5.97. The van der Waals surface area contributed by atoms with Gasteiger partial charge in [0.05, 0.1) is 18.9 Å². The average Bonchev–Trinajstić information content (AvgIpc) is 2.46. The molecular weight excluding hydrogens is 266 g/mol. The molecule has 0 saturated carbocycles. The Balaban J connectivity index is 2.39. The van der Waals surface area contributed by atoms with E-state index in [1.807, 2.05) is 18.2 Å². The quantitative estimate of drug-likeness (QED) is 0.906. The minimum absolute atomic E-state index is 0.0659. The number of nitrogens with zero attached hydrogens (tertiary/aromatic N) is 1. The summed E-state index contributed by atoms with van der Waals surface area (Å²) in [5.41, 5.74) is 2.17. The smallest absolute Gasteiger partial charge is 0.219 e. The lowest BCUT2D eigenvalue weighted by atomic mass is 9.91.